The highest BCUT2D eigenvalue weighted by Gasteiger charge is 2.37. The number of aryl methyl sites for hydroxylation is 2. The molecule has 1 aliphatic heterocycles. The first-order valence-corrected chi connectivity index (χ1v) is 7.05. The molecule has 1 aromatic rings. The van der Waals surface area contributed by atoms with Crippen LogP contribution in [0.2, 0.25) is 0 Å². The number of nitrogens with zero attached hydrogens (tertiary/aromatic N) is 2. The van der Waals surface area contributed by atoms with Crippen molar-refractivity contribution in [2.75, 3.05) is 26.4 Å². The monoisotopic (exact) mass is 276 g/mol. The van der Waals surface area contributed by atoms with E-state index < -0.39 is 16.1 Å². The van der Waals surface area contributed by atoms with Gasteiger partial charge in [0.25, 0.3) is 0 Å². The van der Waals surface area contributed by atoms with Crippen molar-refractivity contribution in [2.24, 2.45) is 0 Å². The summed E-state index contributed by atoms with van der Waals surface area (Å²) in [6.07, 6.45) is 0. The lowest BCUT2D eigenvalue weighted by Gasteiger charge is -2.33. The molecular formula is C10H16N2O5S. The van der Waals surface area contributed by atoms with Gasteiger partial charge in [0.15, 0.2) is 5.76 Å². The predicted molar refractivity (Wildman–Crippen MR) is 61.6 cm³/mol. The largest absolute Gasteiger partial charge is 0.395 e. The van der Waals surface area contributed by atoms with Crippen molar-refractivity contribution in [3.63, 3.8) is 0 Å². The van der Waals surface area contributed by atoms with E-state index in [1.165, 1.54) is 4.31 Å². The molecule has 0 aliphatic carbocycles. The van der Waals surface area contributed by atoms with Crippen LogP contribution >= 0.6 is 0 Å². The molecule has 0 spiro atoms. The Labute approximate surface area is 105 Å². The van der Waals surface area contributed by atoms with Crippen molar-refractivity contribution in [3.05, 3.63) is 11.5 Å². The highest BCUT2D eigenvalue weighted by molar-refractivity contribution is 7.89. The Morgan fingerprint density at radius 2 is 2.22 bits per heavy atom. The summed E-state index contributed by atoms with van der Waals surface area (Å²) in [4.78, 5) is 0.0860. The number of ether oxygens (including phenoxy) is 1. The van der Waals surface area contributed by atoms with Crippen LogP contribution in [-0.2, 0) is 14.8 Å². The lowest BCUT2D eigenvalue weighted by Crippen LogP contribution is -2.50. The maximum atomic E-state index is 12.5. The van der Waals surface area contributed by atoms with Crippen molar-refractivity contribution in [1.82, 2.24) is 9.46 Å². The number of aliphatic hydroxyl groups is 1. The lowest BCUT2D eigenvalue weighted by atomic mass is 10.3. The van der Waals surface area contributed by atoms with Gasteiger partial charge in [0.2, 0.25) is 10.0 Å². The van der Waals surface area contributed by atoms with Crippen LogP contribution in [0.3, 0.4) is 0 Å². The average Bonchev–Trinajstić information content (AvgIpc) is 2.69. The third-order valence-corrected chi connectivity index (χ3v) is 5.12. The van der Waals surface area contributed by atoms with Crippen molar-refractivity contribution in [1.29, 1.82) is 0 Å². The molecule has 1 atom stereocenters. The van der Waals surface area contributed by atoms with Gasteiger partial charge in [0.1, 0.15) is 10.6 Å². The van der Waals surface area contributed by atoms with Gasteiger partial charge >= 0.3 is 0 Å². The molecule has 1 unspecified atom stereocenters. The number of sulfonamides is 1. The van der Waals surface area contributed by atoms with Crippen LogP contribution in [-0.4, -0.2) is 55.4 Å². The molecule has 0 amide bonds. The van der Waals surface area contributed by atoms with Crippen molar-refractivity contribution >= 4 is 10.0 Å². The maximum Gasteiger partial charge on any atom is 0.248 e. The highest BCUT2D eigenvalue weighted by atomic mass is 32.2. The second-order valence-electron chi connectivity index (χ2n) is 4.18. The smallest absolute Gasteiger partial charge is 0.248 e. The SMILES string of the molecule is Cc1noc(C)c1S(=O)(=O)N1CCOCC1CO. The molecule has 102 valence electrons. The molecule has 18 heavy (non-hydrogen) atoms. The summed E-state index contributed by atoms with van der Waals surface area (Å²) in [6.45, 7) is 3.59. The summed E-state index contributed by atoms with van der Waals surface area (Å²) in [5, 5.41) is 12.9. The molecule has 1 saturated heterocycles. The Bertz CT molecular complexity index is 505. The van der Waals surface area contributed by atoms with Crippen LogP contribution in [0, 0.1) is 13.8 Å². The average molecular weight is 276 g/mol. The number of rotatable bonds is 3. The molecule has 2 rings (SSSR count). The van der Waals surface area contributed by atoms with Crippen LogP contribution in [0.5, 0.6) is 0 Å². The topological polar surface area (TPSA) is 92.9 Å². The van der Waals surface area contributed by atoms with Crippen LogP contribution in [0.4, 0.5) is 0 Å². The molecule has 0 bridgehead atoms. The van der Waals surface area contributed by atoms with E-state index in [0.29, 0.717) is 12.3 Å². The van der Waals surface area contributed by atoms with Crippen molar-refractivity contribution in [2.45, 2.75) is 24.8 Å². The summed E-state index contributed by atoms with van der Waals surface area (Å²) >= 11 is 0. The quantitative estimate of drug-likeness (QED) is 0.813. The number of morpholine rings is 1. The Kier molecular flexibility index (Phi) is 3.71. The first-order valence-electron chi connectivity index (χ1n) is 5.61. The summed E-state index contributed by atoms with van der Waals surface area (Å²) < 4.78 is 36.4. The minimum absolute atomic E-state index is 0.0860. The number of hydrogen-bond acceptors (Lipinski definition) is 6. The maximum absolute atomic E-state index is 12.5. The fraction of sp³-hybridized carbons (Fsp3) is 0.700. The molecule has 0 saturated carbocycles. The minimum atomic E-state index is -3.70. The second-order valence-corrected chi connectivity index (χ2v) is 6.01. The number of aliphatic hydroxyl groups excluding tert-OH is 1. The van der Waals surface area contributed by atoms with Crippen LogP contribution in [0.1, 0.15) is 11.5 Å². The molecule has 2 heterocycles. The van der Waals surface area contributed by atoms with Crippen LogP contribution < -0.4 is 0 Å². The minimum Gasteiger partial charge on any atom is -0.395 e. The Morgan fingerprint density at radius 1 is 1.50 bits per heavy atom. The molecule has 1 fully saturated rings. The summed E-state index contributed by atoms with van der Waals surface area (Å²) in [6, 6.07) is -0.558. The van der Waals surface area contributed by atoms with Gasteiger partial charge in [0.05, 0.1) is 25.9 Å². The lowest BCUT2D eigenvalue weighted by molar-refractivity contribution is 0.0108. The first-order chi connectivity index (χ1) is 8.48. The van der Waals surface area contributed by atoms with Gasteiger partial charge < -0.3 is 14.4 Å². The zero-order valence-corrected chi connectivity index (χ0v) is 11.1. The molecule has 0 aromatic carbocycles. The van der Waals surface area contributed by atoms with Gasteiger partial charge in [-0.3, -0.25) is 0 Å². The van der Waals surface area contributed by atoms with E-state index in [1.54, 1.807) is 13.8 Å². The molecule has 8 heteroatoms. The Balaban J connectivity index is 2.41. The van der Waals surface area contributed by atoms with E-state index in [-0.39, 0.29) is 30.4 Å². The van der Waals surface area contributed by atoms with Crippen LogP contribution in [0.25, 0.3) is 0 Å². The zero-order chi connectivity index (χ0) is 13.3. The van der Waals surface area contributed by atoms with E-state index in [1.807, 2.05) is 0 Å². The van der Waals surface area contributed by atoms with E-state index in [4.69, 9.17) is 9.26 Å². The van der Waals surface area contributed by atoms with Crippen molar-refractivity contribution in [3.8, 4) is 0 Å². The molecule has 1 N–H and O–H groups in total. The first kappa shape index (κ1) is 13.5. The van der Waals surface area contributed by atoms with Gasteiger partial charge in [-0.05, 0) is 13.8 Å². The third-order valence-electron chi connectivity index (χ3n) is 2.92. The number of aromatic nitrogens is 1. The highest BCUT2D eigenvalue weighted by Crippen LogP contribution is 2.25. The van der Waals surface area contributed by atoms with Gasteiger partial charge in [-0.15, -0.1) is 0 Å². The predicted octanol–water partition coefficient (Wildman–Crippen LogP) is -0.327. The molecule has 1 aromatic heterocycles. The van der Waals surface area contributed by atoms with Gasteiger partial charge in [-0.2, -0.15) is 4.31 Å². The van der Waals surface area contributed by atoms with E-state index >= 15 is 0 Å². The fourth-order valence-electron chi connectivity index (χ4n) is 2.06. The third kappa shape index (κ3) is 2.16. The number of hydrogen-bond donors (Lipinski definition) is 1. The van der Waals surface area contributed by atoms with E-state index in [2.05, 4.69) is 5.16 Å². The molecule has 7 nitrogen and oxygen atoms in total. The Hall–Kier alpha value is -0.960. The van der Waals surface area contributed by atoms with Crippen LogP contribution in [0.15, 0.2) is 9.42 Å². The second kappa shape index (κ2) is 4.96. The van der Waals surface area contributed by atoms with Gasteiger partial charge in [-0.25, -0.2) is 8.42 Å². The molecular weight excluding hydrogens is 260 g/mol. The molecule has 0 radical (unpaired) electrons. The zero-order valence-electron chi connectivity index (χ0n) is 10.3. The van der Waals surface area contributed by atoms with Crippen molar-refractivity contribution < 1.29 is 22.8 Å². The molecule has 1 aliphatic rings. The fourth-order valence-corrected chi connectivity index (χ4v) is 3.94. The van der Waals surface area contributed by atoms with E-state index in [0.717, 1.165) is 0 Å². The summed E-state index contributed by atoms with van der Waals surface area (Å²) in [7, 11) is -3.70. The standard InChI is InChI=1S/C10H16N2O5S/c1-7-10(8(2)17-11-7)18(14,15)12-3-4-16-6-9(12)5-13/h9,13H,3-6H2,1-2H3. The van der Waals surface area contributed by atoms with Gasteiger partial charge in [-0.1, -0.05) is 5.16 Å². The normalized spacial score (nSPS) is 22.3. The van der Waals surface area contributed by atoms with E-state index in [9.17, 15) is 13.5 Å². The summed E-state index contributed by atoms with van der Waals surface area (Å²) in [5.41, 5.74) is 0.329. The van der Waals surface area contributed by atoms with Gasteiger partial charge in [0, 0.05) is 6.54 Å². The Morgan fingerprint density at radius 3 is 2.78 bits per heavy atom. The summed E-state index contributed by atoms with van der Waals surface area (Å²) in [5.74, 6) is 0.260.